The van der Waals surface area contributed by atoms with Crippen LogP contribution < -0.4 is 10.6 Å². The first kappa shape index (κ1) is 15.0. The third kappa shape index (κ3) is 4.34. The van der Waals surface area contributed by atoms with Crippen LogP contribution in [0.25, 0.3) is 0 Å². The fourth-order valence-electron chi connectivity index (χ4n) is 2.47. The van der Waals surface area contributed by atoms with E-state index in [1.54, 1.807) is 6.20 Å². The molecule has 0 saturated heterocycles. The molecule has 0 aromatic carbocycles. The van der Waals surface area contributed by atoms with Crippen LogP contribution in [0.1, 0.15) is 47.0 Å². The molecule has 0 radical (unpaired) electrons. The summed E-state index contributed by atoms with van der Waals surface area (Å²) in [4.78, 5) is 8.71. The topological polar surface area (TPSA) is 70.1 Å². The number of nitrogens with zero attached hydrogens (tertiary/aromatic N) is 2. The molecule has 1 aliphatic rings. The molecule has 0 spiro atoms. The molecule has 5 heteroatoms. The van der Waals surface area contributed by atoms with Gasteiger partial charge in [-0.15, -0.1) is 0 Å². The lowest BCUT2D eigenvalue weighted by molar-refractivity contribution is 0.0739. The van der Waals surface area contributed by atoms with E-state index in [1.165, 1.54) is 0 Å². The van der Waals surface area contributed by atoms with Crippen LogP contribution in [0.5, 0.6) is 0 Å². The molecule has 0 bridgehead atoms. The van der Waals surface area contributed by atoms with Gasteiger partial charge in [-0.25, -0.2) is 4.98 Å². The smallest absolute Gasteiger partial charge is 0.224 e. The molecule has 0 aliphatic heterocycles. The monoisotopic (exact) mass is 278 g/mol. The summed E-state index contributed by atoms with van der Waals surface area (Å²) in [5.74, 6) is 1.85. The molecular weight excluding hydrogens is 252 g/mol. The first-order chi connectivity index (χ1) is 9.33. The Morgan fingerprint density at radius 3 is 2.70 bits per heavy atom. The van der Waals surface area contributed by atoms with Crippen molar-refractivity contribution in [1.82, 2.24) is 9.97 Å². The van der Waals surface area contributed by atoms with E-state index in [0.29, 0.717) is 17.9 Å². The van der Waals surface area contributed by atoms with Crippen LogP contribution >= 0.6 is 0 Å². The minimum atomic E-state index is -0.213. The van der Waals surface area contributed by atoms with E-state index < -0.39 is 0 Å². The molecule has 3 atom stereocenters. The van der Waals surface area contributed by atoms with Gasteiger partial charge in [0, 0.05) is 17.8 Å². The highest BCUT2D eigenvalue weighted by Gasteiger charge is 2.26. The number of rotatable bonds is 3. The summed E-state index contributed by atoms with van der Waals surface area (Å²) in [5.41, 5.74) is -0.0604. The molecule has 1 heterocycles. The zero-order valence-corrected chi connectivity index (χ0v) is 12.8. The molecule has 112 valence electrons. The summed E-state index contributed by atoms with van der Waals surface area (Å²) in [6, 6.07) is 2.16. The fraction of sp³-hybridized carbons (Fsp3) is 0.733. The predicted octanol–water partition coefficient (Wildman–Crippen LogP) is 2.65. The van der Waals surface area contributed by atoms with Crippen LogP contribution in [0.2, 0.25) is 0 Å². The molecule has 1 aromatic rings. The van der Waals surface area contributed by atoms with Crippen LogP contribution in [-0.4, -0.2) is 32.8 Å². The van der Waals surface area contributed by atoms with Gasteiger partial charge in [-0.1, -0.05) is 6.92 Å². The minimum Gasteiger partial charge on any atom is -0.393 e. The van der Waals surface area contributed by atoms with Crippen LogP contribution in [0, 0.1) is 5.92 Å². The van der Waals surface area contributed by atoms with Gasteiger partial charge < -0.3 is 15.7 Å². The van der Waals surface area contributed by atoms with Crippen molar-refractivity contribution in [3.8, 4) is 0 Å². The fourth-order valence-corrected chi connectivity index (χ4v) is 2.47. The van der Waals surface area contributed by atoms with Crippen molar-refractivity contribution in [2.24, 2.45) is 5.92 Å². The first-order valence-electron chi connectivity index (χ1n) is 7.39. The largest absolute Gasteiger partial charge is 0.393 e. The maximum atomic E-state index is 9.95. The highest BCUT2D eigenvalue weighted by atomic mass is 16.3. The highest BCUT2D eigenvalue weighted by Crippen LogP contribution is 2.26. The van der Waals surface area contributed by atoms with E-state index in [4.69, 9.17) is 0 Å². The quantitative estimate of drug-likeness (QED) is 0.793. The Kier molecular flexibility index (Phi) is 4.48. The Bertz CT molecular complexity index is 444. The SMILES string of the molecule is C[C@@H]1CC[C@@H](Nc2ccnc(NC(C)(C)C)n2)C[C@H]1O. The van der Waals surface area contributed by atoms with Crippen molar-refractivity contribution in [2.45, 2.75) is 64.6 Å². The van der Waals surface area contributed by atoms with E-state index in [-0.39, 0.29) is 11.6 Å². The molecule has 0 amide bonds. The number of aliphatic hydroxyl groups is 1. The van der Waals surface area contributed by atoms with Crippen LogP contribution in [0.3, 0.4) is 0 Å². The second-order valence-electron chi connectivity index (χ2n) is 6.84. The molecule has 0 unspecified atom stereocenters. The first-order valence-corrected chi connectivity index (χ1v) is 7.39. The zero-order chi connectivity index (χ0) is 14.8. The Balaban J connectivity index is 1.98. The van der Waals surface area contributed by atoms with Gasteiger partial charge >= 0.3 is 0 Å². The van der Waals surface area contributed by atoms with E-state index in [1.807, 2.05) is 6.07 Å². The van der Waals surface area contributed by atoms with E-state index in [2.05, 4.69) is 48.3 Å². The molecule has 1 saturated carbocycles. The van der Waals surface area contributed by atoms with Gasteiger partial charge in [-0.2, -0.15) is 4.98 Å². The third-order valence-corrected chi connectivity index (χ3v) is 3.65. The summed E-state index contributed by atoms with van der Waals surface area (Å²) in [6.07, 6.45) is 4.45. The Morgan fingerprint density at radius 2 is 2.05 bits per heavy atom. The molecule has 1 fully saturated rings. The van der Waals surface area contributed by atoms with Gasteiger partial charge in [0.05, 0.1) is 6.10 Å². The van der Waals surface area contributed by atoms with Gasteiger partial charge in [-0.05, 0) is 52.0 Å². The van der Waals surface area contributed by atoms with E-state index in [0.717, 1.165) is 25.1 Å². The van der Waals surface area contributed by atoms with Gasteiger partial charge in [0.25, 0.3) is 0 Å². The second kappa shape index (κ2) is 5.95. The van der Waals surface area contributed by atoms with Crippen molar-refractivity contribution < 1.29 is 5.11 Å². The third-order valence-electron chi connectivity index (χ3n) is 3.65. The molecule has 5 nitrogen and oxygen atoms in total. The normalized spacial score (nSPS) is 27.1. The molecule has 1 aliphatic carbocycles. The average Bonchev–Trinajstić information content (AvgIpc) is 2.32. The molecule has 2 rings (SSSR count). The van der Waals surface area contributed by atoms with Crippen LogP contribution in [-0.2, 0) is 0 Å². The average molecular weight is 278 g/mol. The van der Waals surface area contributed by atoms with E-state index in [9.17, 15) is 5.11 Å². The van der Waals surface area contributed by atoms with Crippen molar-refractivity contribution in [1.29, 1.82) is 0 Å². The summed E-state index contributed by atoms with van der Waals surface area (Å²) in [7, 11) is 0. The van der Waals surface area contributed by atoms with Gasteiger partial charge in [0.1, 0.15) is 5.82 Å². The maximum absolute atomic E-state index is 9.95. The minimum absolute atomic E-state index is 0.0604. The molecule has 3 N–H and O–H groups in total. The van der Waals surface area contributed by atoms with E-state index >= 15 is 0 Å². The number of anilines is 2. The maximum Gasteiger partial charge on any atom is 0.224 e. The summed E-state index contributed by atoms with van der Waals surface area (Å²) < 4.78 is 0. The van der Waals surface area contributed by atoms with Crippen LogP contribution in [0.15, 0.2) is 12.3 Å². The van der Waals surface area contributed by atoms with Crippen LogP contribution in [0.4, 0.5) is 11.8 Å². The van der Waals surface area contributed by atoms with Gasteiger partial charge in [0.2, 0.25) is 5.95 Å². The zero-order valence-electron chi connectivity index (χ0n) is 12.8. The standard InChI is InChI=1S/C15H26N4O/c1-10-5-6-11(9-12(10)20)17-13-7-8-16-14(18-13)19-15(2,3)4/h7-8,10-12,20H,5-6,9H2,1-4H3,(H2,16,17,18,19)/t10-,11-,12-/m1/s1. The second-order valence-corrected chi connectivity index (χ2v) is 6.84. The summed E-state index contributed by atoms with van der Waals surface area (Å²) >= 11 is 0. The molecule has 20 heavy (non-hydrogen) atoms. The molecular formula is C15H26N4O. The molecule has 1 aromatic heterocycles. The van der Waals surface area contributed by atoms with Gasteiger partial charge in [0.15, 0.2) is 0 Å². The number of hydrogen-bond donors (Lipinski definition) is 3. The Hall–Kier alpha value is -1.36. The van der Waals surface area contributed by atoms with Crippen molar-refractivity contribution in [3.05, 3.63) is 12.3 Å². The highest BCUT2D eigenvalue weighted by molar-refractivity contribution is 5.41. The van der Waals surface area contributed by atoms with Crippen molar-refractivity contribution in [3.63, 3.8) is 0 Å². The van der Waals surface area contributed by atoms with Gasteiger partial charge in [-0.3, -0.25) is 0 Å². The van der Waals surface area contributed by atoms with Crippen molar-refractivity contribution >= 4 is 11.8 Å². The summed E-state index contributed by atoms with van der Waals surface area (Å²) in [5, 5.41) is 16.6. The van der Waals surface area contributed by atoms with Crippen molar-refractivity contribution in [2.75, 3.05) is 10.6 Å². The lowest BCUT2D eigenvalue weighted by Crippen LogP contribution is -2.35. The lowest BCUT2D eigenvalue weighted by atomic mass is 9.85. The number of aromatic nitrogens is 2. The Labute approximate surface area is 121 Å². The lowest BCUT2D eigenvalue weighted by Gasteiger charge is -2.31. The number of aliphatic hydroxyl groups excluding tert-OH is 1. The Morgan fingerprint density at radius 1 is 1.30 bits per heavy atom. The number of nitrogens with one attached hydrogen (secondary N) is 2. The predicted molar refractivity (Wildman–Crippen MR) is 81.8 cm³/mol. The summed E-state index contributed by atoms with van der Waals surface area (Å²) in [6.45, 7) is 8.34. The number of hydrogen-bond acceptors (Lipinski definition) is 5.